The summed E-state index contributed by atoms with van der Waals surface area (Å²) >= 11 is 0. The minimum Gasteiger partial charge on any atom is -0.384 e. The largest absolute Gasteiger partial charge is 0.384 e. The van der Waals surface area contributed by atoms with Crippen LogP contribution in [-0.2, 0) is 9.53 Å². The molecule has 0 aromatic heterocycles. The van der Waals surface area contributed by atoms with Crippen molar-refractivity contribution in [3.8, 4) is 0 Å². The molecular formula is C26H44O2U. The van der Waals surface area contributed by atoms with Gasteiger partial charge in [-0.15, -0.1) is 0 Å². The van der Waals surface area contributed by atoms with Crippen molar-refractivity contribution in [3.05, 3.63) is 0 Å². The zero-order valence-electron chi connectivity index (χ0n) is 19.9. The summed E-state index contributed by atoms with van der Waals surface area (Å²) in [5.74, 6) is 5.36. The van der Waals surface area contributed by atoms with E-state index in [1.807, 2.05) is 27.9 Å². The number of hydrogen-bond donors (Lipinski definition) is 0. The van der Waals surface area contributed by atoms with Crippen molar-refractivity contribution in [2.24, 2.45) is 51.8 Å². The molecule has 4 unspecified atom stereocenters. The van der Waals surface area contributed by atoms with Crippen molar-refractivity contribution in [2.45, 2.75) is 92.4 Å². The molecule has 5 rings (SSSR count). The van der Waals surface area contributed by atoms with Crippen LogP contribution in [0.1, 0.15) is 92.4 Å². The van der Waals surface area contributed by atoms with Crippen LogP contribution in [0.25, 0.3) is 0 Å². The Hall–Kier alpha value is 0.682. The number of carbonyl (C=O) groups excluding carboxylic acids is 1. The Bertz CT molecular complexity index is 620. The topological polar surface area (TPSA) is 26.3 Å². The number of rotatable bonds is 3. The molecule has 0 radical (unpaired) electrons. The molecule has 0 aromatic rings. The molecule has 0 aromatic carbocycles. The first-order valence-electron chi connectivity index (χ1n) is 12.4. The molecule has 1 spiro atoms. The molecule has 0 aliphatic heterocycles. The Morgan fingerprint density at radius 2 is 1.72 bits per heavy atom. The second kappa shape index (κ2) is 8.56. The summed E-state index contributed by atoms with van der Waals surface area (Å²) < 4.78 is 5.50. The van der Waals surface area contributed by atoms with Gasteiger partial charge in [-0.1, -0.05) is 34.1 Å². The van der Waals surface area contributed by atoms with Gasteiger partial charge in [0.05, 0.1) is 0 Å². The molecule has 2 nitrogen and oxygen atoms in total. The first kappa shape index (κ1) is 24.3. The van der Waals surface area contributed by atoms with Crippen LogP contribution >= 0.6 is 0 Å². The fourth-order valence-corrected chi connectivity index (χ4v) is 9.80. The Morgan fingerprint density at radius 1 is 1.00 bits per heavy atom. The number of methoxy groups -OCH3 is 1. The summed E-state index contributed by atoms with van der Waals surface area (Å²) in [6.45, 7) is 11.9. The van der Waals surface area contributed by atoms with E-state index in [4.69, 9.17) is 4.74 Å². The van der Waals surface area contributed by atoms with E-state index in [0.717, 1.165) is 42.6 Å². The van der Waals surface area contributed by atoms with Crippen LogP contribution < -0.4 is 0 Å². The number of fused-ring (bicyclic) bond motifs is 4. The van der Waals surface area contributed by atoms with Gasteiger partial charge in [0.25, 0.3) is 0 Å². The van der Waals surface area contributed by atoms with E-state index < -0.39 is 0 Å². The predicted molar refractivity (Wildman–Crippen MR) is 115 cm³/mol. The van der Waals surface area contributed by atoms with Crippen molar-refractivity contribution in [2.75, 3.05) is 13.7 Å². The number of carbonyl (C=O) groups is 1. The van der Waals surface area contributed by atoms with Gasteiger partial charge in [-0.25, -0.2) is 0 Å². The predicted octanol–water partition coefficient (Wildman–Crippen LogP) is 6.52. The Balaban J connectivity index is 0.000000778. The number of Topliss-reactive ketones (excluding diaryl/α,β-unsaturated/α-hetero) is 1. The zero-order valence-corrected chi connectivity index (χ0v) is 24.0. The molecular weight excluding hydrogens is 582 g/mol. The molecule has 0 saturated heterocycles. The van der Waals surface area contributed by atoms with Gasteiger partial charge in [0, 0.05) is 50.7 Å². The van der Waals surface area contributed by atoms with Crippen LogP contribution in [0.4, 0.5) is 0 Å². The van der Waals surface area contributed by atoms with Crippen LogP contribution in [0.3, 0.4) is 0 Å². The fraction of sp³-hybridized carbons (Fsp3) is 0.962. The third kappa shape index (κ3) is 3.38. The molecule has 0 N–H and O–H groups in total. The van der Waals surface area contributed by atoms with Gasteiger partial charge in [0.15, 0.2) is 0 Å². The molecule has 29 heavy (non-hydrogen) atoms. The Kier molecular flexibility index (Phi) is 7.18. The third-order valence-corrected chi connectivity index (χ3v) is 10.5. The first-order valence-corrected chi connectivity index (χ1v) is 12.4. The standard InChI is InChI=1S/C24H38O2.C2H6.U/c1-15(25)17-6-5-7-18-21-19-13-22(2)12-16(14-26-4)8-9-20(22)24(19,21)11-10-23(17,18)3;1-2;/h16-21H,5-14H2,1-4H3;1-2H3;/t16-,17+,18?,19?,20-,21+,22?,23+,24?;;/m0../s1. The second-order valence-corrected chi connectivity index (χ2v) is 11.5. The van der Waals surface area contributed by atoms with Crippen LogP contribution in [0.5, 0.6) is 0 Å². The Morgan fingerprint density at radius 3 is 2.38 bits per heavy atom. The number of hydrogen-bond acceptors (Lipinski definition) is 2. The van der Waals surface area contributed by atoms with Gasteiger partial charge in [-0.3, -0.25) is 4.79 Å². The number of ether oxygens (including phenoxy) is 1. The van der Waals surface area contributed by atoms with E-state index in [0.29, 0.717) is 27.9 Å². The van der Waals surface area contributed by atoms with Crippen LogP contribution in [0.15, 0.2) is 0 Å². The molecule has 5 aliphatic carbocycles. The van der Waals surface area contributed by atoms with Gasteiger partial charge in [-0.2, -0.15) is 0 Å². The second-order valence-electron chi connectivity index (χ2n) is 11.5. The Labute approximate surface area is 203 Å². The maximum absolute atomic E-state index is 12.4. The maximum Gasteiger partial charge on any atom is 0.133 e. The molecule has 0 bridgehead atoms. The van der Waals surface area contributed by atoms with E-state index in [2.05, 4.69) is 13.8 Å². The van der Waals surface area contributed by atoms with Crippen LogP contribution in [0, 0.1) is 82.9 Å². The summed E-state index contributed by atoms with van der Waals surface area (Å²) in [5.41, 5.74) is 1.56. The molecule has 0 heterocycles. The molecule has 9 atom stereocenters. The quantitative estimate of drug-likeness (QED) is 0.357. The summed E-state index contributed by atoms with van der Waals surface area (Å²) in [6.07, 6.45) is 12.3. The minimum atomic E-state index is 0. The van der Waals surface area contributed by atoms with Crippen molar-refractivity contribution in [1.82, 2.24) is 0 Å². The van der Waals surface area contributed by atoms with Crippen LogP contribution in [0.2, 0.25) is 0 Å². The minimum absolute atomic E-state index is 0. The molecule has 5 aliphatic rings. The smallest absolute Gasteiger partial charge is 0.133 e. The van der Waals surface area contributed by atoms with E-state index in [9.17, 15) is 4.79 Å². The van der Waals surface area contributed by atoms with E-state index >= 15 is 0 Å². The van der Waals surface area contributed by atoms with Gasteiger partial charge < -0.3 is 4.74 Å². The van der Waals surface area contributed by atoms with Crippen molar-refractivity contribution in [3.63, 3.8) is 0 Å². The van der Waals surface area contributed by atoms with Gasteiger partial charge in [0.2, 0.25) is 0 Å². The van der Waals surface area contributed by atoms with E-state index in [1.165, 1.54) is 51.4 Å². The summed E-state index contributed by atoms with van der Waals surface area (Å²) in [5, 5.41) is 0. The number of ketones is 1. The monoisotopic (exact) mass is 626 g/mol. The normalized spacial score (nSPS) is 51.8. The van der Waals surface area contributed by atoms with Gasteiger partial charge in [0.1, 0.15) is 5.78 Å². The average Bonchev–Trinajstić information content (AvgIpc) is 3.21. The van der Waals surface area contributed by atoms with E-state index in [-0.39, 0.29) is 31.1 Å². The molecule has 3 heteroatoms. The van der Waals surface area contributed by atoms with Crippen LogP contribution in [-0.4, -0.2) is 19.5 Å². The SMILES string of the molecule is CC.COC[C@H]1CC[C@H]2C(C)(CC3[C@H]4C5CCC[C@H](C(C)=O)[C@@]5(C)CCC342)C1.[U]. The van der Waals surface area contributed by atoms with E-state index in [1.54, 1.807) is 0 Å². The molecule has 5 saturated carbocycles. The molecule has 164 valence electrons. The van der Waals surface area contributed by atoms with Crippen molar-refractivity contribution < 1.29 is 40.6 Å². The van der Waals surface area contributed by atoms with Gasteiger partial charge >= 0.3 is 0 Å². The maximum atomic E-state index is 12.4. The summed E-state index contributed by atoms with van der Waals surface area (Å²) in [7, 11) is 1.87. The third-order valence-electron chi connectivity index (χ3n) is 10.5. The average molecular weight is 627 g/mol. The molecule has 0 amide bonds. The van der Waals surface area contributed by atoms with Crippen molar-refractivity contribution >= 4 is 5.78 Å². The van der Waals surface area contributed by atoms with Crippen molar-refractivity contribution in [1.29, 1.82) is 0 Å². The first-order chi connectivity index (χ1) is 13.4. The summed E-state index contributed by atoms with van der Waals surface area (Å²) in [4.78, 5) is 12.4. The summed E-state index contributed by atoms with van der Waals surface area (Å²) in [6, 6.07) is 0. The fourth-order valence-electron chi connectivity index (χ4n) is 9.80. The molecule has 5 fully saturated rings. The zero-order chi connectivity index (χ0) is 20.3. The van der Waals surface area contributed by atoms with Gasteiger partial charge in [-0.05, 0) is 104 Å².